The van der Waals surface area contributed by atoms with Gasteiger partial charge in [-0.1, -0.05) is 38.1 Å². The van der Waals surface area contributed by atoms with Crippen LogP contribution < -0.4 is 5.73 Å². The summed E-state index contributed by atoms with van der Waals surface area (Å²) in [5.74, 6) is 1.58. The van der Waals surface area contributed by atoms with E-state index in [2.05, 4.69) is 48.1 Å². The quantitative estimate of drug-likeness (QED) is 0.847. The molecule has 1 atom stereocenters. The second kappa shape index (κ2) is 5.83. The molecule has 2 rings (SSSR count). The highest BCUT2D eigenvalue weighted by atomic mass is 14.9. The first-order valence-corrected chi connectivity index (χ1v) is 6.59. The Bertz CT molecular complexity index is 485. The SMILES string of the molecule is CCC(C)c1ccc(-c2cnc(CCN)[nH]2)cc1. The summed E-state index contributed by atoms with van der Waals surface area (Å²) in [7, 11) is 0. The van der Waals surface area contributed by atoms with Crippen molar-refractivity contribution >= 4 is 0 Å². The van der Waals surface area contributed by atoms with Crippen LogP contribution in [0.3, 0.4) is 0 Å². The summed E-state index contributed by atoms with van der Waals surface area (Å²) in [6, 6.07) is 8.71. The lowest BCUT2D eigenvalue weighted by molar-refractivity contribution is 0.734. The molecule has 0 fully saturated rings. The number of nitrogens with two attached hydrogens (primary N) is 1. The van der Waals surface area contributed by atoms with E-state index < -0.39 is 0 Å². The molecule has 0 bridgehead atoms. The van der Waals surface area contributed by atoms with Crippen LogP contribution in [-0.2, 0) is 6.42 Å². The predicted octanol–water partition coefficient (Wildman–Crippen LogP) is 3.09. The van der Waals surface area contributed by atoms with Gasteiger partial charge in [-0.05, 0) is 30.0 Å². The molecule has 0 spiro atoms. The number of rotatable bonds is 5. The van der Waals surface area contributed by atoms with Gasteiger partial charge in [0.15, 0.2) is 0 Å². The standard InChI is InChI=1S/C15H21N3/c1-3-11(2)12-4-6-13(7-5-12)14-10-17-15(18-14)8-9-16/h4-7,10-11H,3,8-9,16H2,1-2H3,(H,17,18). The van der Waals surface area contributed by atoms with E-state index in [1.54, 1.807) is 0 Å². The summed E-state index contributed by atoms with van der Waals surface area (Å²) in [4.78, 5) is 7.62. The molecular weight excluding hydrogens is 222 g/mol. The maximum Gasteiger partial charge on any atom is 0.107 e. The Kier molecular flexibility index (Phi) is 4.15. The van der Waals surface area contributed by atoms with Crippen molar-refractivity contribution in [1.29, 1.82) is 0 Å². The second-order valence-corrected chi connectivity index (χ2v) is 4.71. The molecule has 0 radical (unpaired) electrons. The largest absolute Gasteiger partial charge is 0.342 e. The number of aromatic nitrogens is 2. The third-order valence-electron chi connectivity index (χ3n) is 3.41. The molecule has 96 valence electrons. The smallest absolute Gasteiger partial charge is 0.107 e. The first-order valence-electron chi connectivity index (χ1n) is 6.59. The van der Waals surface area contributed by atoms with Crippen LogP contribution in [-0.4, -0.2) is 16.5 Å². The Hall–Kier alpha value is -1.61. The number of H-pyrrole nitrogens is 1. The molecule has 0 aliphatic rings. The molecule has 1 unspecified atom stereocenters. The summed E-state index contributed by atoms with van der Waals surface area (Å²) < 4.78 is 0. The maximum atomic E-state index is 5.52. The normalized spacial score (nSPS) is 12.6. The van der Waals surface area contributed by atoms with Crippen LogP contribution in [0.15, 0.2) is 30.5 Å². The fourth-order valence-electron chi connectivity index (χ4n) is 2.00. The minimum atomic E-state index is 0.619. The van der Waals surface area contributed by atoms with Crippen molar-refractivity contribution < 1.29 is 0 Å². The van der Waals surface area contributed by atoms with Crippen molar-refractivity contribution in [2.75, 3.05) is 6.54 Å². The van der Waals surface area contributed by atoms with Gasteiger partial charge in [-0.25, -0.2) is 4.98 Å². The first-order chi connectivity index (χ1) is 8.74. The minimum absolute atomic E-state index is 0.619. The lowest BCUT2D eigenvalue weighted by atomic mass is 9.97. The zero-order valence-corrected chi connectivity index (χ0v) is 11.1. The molecule has 0 amide bonds. The number of imidazole rings is 1. The molecule has 0 saturated heterocycles. The fraction of sp³-hybridized carbons (Fsp3) is 0.400. The summed E-state index contributed by atoms with van der Waals surface area (Å²) >= 11 is 0. The van der Waals surface area contributed by atoms with Gasteiger partial charge < -0.3 is 10.7 Å². The van der Waals surface area contributed by atoms with E-state index in [4.69, 9.17) is 5.73 Å². The zero-order chi connectivity index (χ0) is 13.0. The molecule has 0 aliphatic heterocycles. The van der Waals surface area contributed by atoms with Crippen LogP contribution in [0.25, 0.3) is 11.3 Å². The Morgan fingerprint density at radius 1 is 1.28 bits per heavy atom. The Balaban J connectivity index is 2.17. The Labute approximate surface area is 108 Å². The fourth-order valence-corrected chi connectivity index (χ4v) is 2.00. The predicted molar refractivity (Wildman–Crippen MR) is 75.5 cm³/mol. The zero-order valence-electron chi connectivity index (χ0n) is 11.1. The van der Waals surface area contributed by atoms with Gasteiger partial charge in [0.1, 0.15) is 5.82 Å². The monoisotopic (exact) mass is 243 g/mol. The highest BCUT2D eigenvalue weighted by Crippen LogP contribution is 2.23. The number of aromatic amines is 1. The molecular formula is C15H21N3. The summed E-state index contributed by atoms with van der Waals surface area (Å²) in [5, 5.41) is 0. The van der Waals surface area contributed by atoms with E-state index in [0.717, 1.165) is 17.9 Å². The van der Waals surface area contributed by atoms with Crippen molar-refractivity contribution in [2.45, 2.75) is 32.6 Å². The average molecular weight is 243 g/mol. The average Bonchev–Trinajstić information content (AvgIpc) is 2.87. The van der Waals surface area contributed by atoms with Gasteiger partial charge in [0.2, 0.25) is 0 Å². The van der Waals surface area contributed by atoms with Crippen LogP contribution in [0.4, 0.5) is 0 Å². The van der Waals surface area contributed by atoms with E-state index in [1.807, 2.05) is 6.20 Å². The van der Waals surface area contributed by atoms with Crippen LogP contribution in [0.2, 0.25) is 0 Å². The number of hydrogen-bond acceptors (Lipinski definition) is 2. The van der Waals surface area contributed by atoms with Crippen molar-refractivity contribution in [3.8, 4) is 11.3 Å². The summed E-state index contributed by atoms with van der Waals surface area (Å²) in [6.07, 6.45) is 3.85. The number of benzene rings is 1. The molecule has 1 aromatic heterocycles. The van der Waals surface area contributed by atoms with E-state index in [1.165, 1.54) is 17.5 Å². The lowest BCUT2D eigenvalue weighted by Gasteiger charge is -2.09. The van der Waals surface area contributed by atoms with Gasteiger partial charge in [-0.2, -0.15) is 0 Å². The van der Waals surface area contributed by atoms with Gasteiger partial charge in [-0.3, -0.25) is 0 Å². The number of hydrogen-bond donors (Lipinski definition) is 2. The molecule has 18 heavy (non-hydrogen) atoms. The highest BCUT2D eigenvalue weighted by Gasteiger charge is 2.05. The Morgan fingerprint density at radius 2 is 2.00 bits per heavy atom. The van der Waals surface area contributed by atoms with Crippen LogP contribution in [0, 0.1) is 0 Å². The molecule has 0 saturated carbocycles. The maximum absolute atomic E-state index is 5.52. The molecule has 2 aromatic rings. The van der Waals surface area contributed by atoms with Crippen LogP contribution in [0.1, 0.15) is 37.6 Å². The van der Waals surface area contributed by atoms with Crippen LogP contribution >= 0.6 is 0 Å². The molecule has 3 nitrogen and oxygen atoms in total. The van der Waals surface area contributed by atoms with Gasteiger partial charge in [-0.15, -0.1) is 0 Å². The Morgan fingerprint density at radius 3 is 2.61 bits per heavy atom. The topological polar surface area (TPSA) is 54.7 Å². The number of nitrogens with one attached hydrogen (secondary N) is 1. The molecule has 3 heteroatoms. The van der Waals surface area contributed by atoms with E-state index in [-0.39, 0.29) is 0 Å². The second-order valence-electron chi connectivity index (χ2n) is 4.71. The van der Waals surface area contributed by atoms with Gasteiger partial charge >= 0.3 is 0 Å². The molecule has 1 heterocycles. The van der Waals surface area contributed by atoms with Crippen molar-refractivity contribution in [1.82, 2.24) is 9.97 Å². The van der Waals surface area contributed by atoms with Crippen molar-refractivity contribution in [2.24, 2.45) is 5.73 Å². The van der Waals surface area contributed by atoms with E-state index in [9.17, 15) is 0 Å². The molecule has 3 N–H and O–H groups in total. The summed E-state index contributed by atoms with van der Waals surface area (Å²) in [5.41, 5.74) is 9.15. The minimum Gasteiger partial charge on any atom is -0.342 e. The third-order valence-corrected chi connectivity index (χ3v) is 3.41. The first kappa shape index (κ1) is 12.8. The van der Waals surface area contributed by atoms with Crippen LogP contribution in [0.5, 0.6) is 0 Å². The van der Waals surface area contributed by atoms with Crippen molar-refractivity contribution in [3.05, 3.63) is 41.9 Å². The summed E-state index contributed by atoms with van der Waals surface area (Å²) in [6.45, 7) is 5.09. The third kappa shape index (κ3) is 2.79. The lowest BCUT2D eigenvalue weighted by Crippen LogP contribution is -2.03. The molecule has 0 aliphatic carbocycles. The van der Waals surface area contributed by atoms with E-state index >= 15 is 0 Å². The number of nitrogens with zero attached hydrogens (tertiary/aromatic N) is 1. The highest BCUT2D eigenvalue weighted by molar-refractivity contribution is 5.59. The van der Waals surface area contributed by atoms with Gasteiger partial charge in [0.25, 0.3) is 0 Å². The van der Waals surface area contributed by atoms with Crippen molar-refractivity contribution in [3.63, 3.8) is 0 Å². The van der Waals surface area contributed by atoms with Gasteiger partial charge in [0.05, 0.1) is 11.9 Å². The van der Waals surface area contributed by atoms with E-state index in [0.29, 0.717) is 12.5 Å². The molecule has 1 aromatic carbocycles. The van der Waals surface area contributed by atoms with Gasteiger partial charge in [0, 0.05) is 6.42 Å².